The van der Waals surface area contributed by atoms with Gasteiger partial charge in [-0.25, -0.2) is 0 Å². The molecule has 1 saturated carbocycles. The van der Waals surface area contributed by atoms with Crippen LogP contribution in [0.3, 0.4) is 0 Å². The van der Waals surface area contributed by atoms with E-state index in [0.29, 0.717) is 6.42 Å². The van der Waals surface area contributed by atoms with Crippen molar-refractivity contribution in [2.45, 2.75) is 51.1 Å². The summed E-state index contributed by atoms with van der Waals surface area (Å²) in [5.74, 6) is 0.0777. The number of nitrogens with zero attached hydrogens (tertiary/aromatic N) is 1. The van der Waals surface area contributed by atoms with Gasteiger partial charge in [0.1, 0.15) is 6.04 Å². The molecular formula is C11H18N2O2. The first-order valence-electron chi connectivity index (χ1n) is 5.68. The second-order valence-corrected chi connectivity index (χ2v) is 4.76. The van der Waals surface area contributed by atoms with Gasteiger partial charge in [0.2, 0.25) is 11.8 Å². The van der Waals surface area contributed by atoms with E-state index >= 15 is 0 Å². The van der Waals surface area contributed by atoms with Crippen molar-refractivity contribution < 1.29 is 9.59 Å². The van der Waals surface area contributed by atoms with E-state index in [9.17, 15) is 9.59 Å². The van der Waals surface area contributed by atoms with Crippen LogP contribution < -0.4 is 5.32 Å². The van der Waals surface area contributed by atoms with Gasteiger partial charge in [-0.3, -0.25) is 9.59 Å². The van der Waals surface area contributed by atoms with Crippen molar-refractivity contribution in [3.05, 3.63) is 0 Å². The van der Waals surface area contributed by atoms with E-state index in [4.69, 9.17) is 0 Å². The molecule has 0 aromatic carbocycles. The molecule has 0 spiro atoms. The van der Waals surface area contributed by atoms with Crippen molar-refractivity contribution in [2.75, 3.05) is 6.54 Å². The zero-order valence-electron chi connectivity index (χ0n) is 9.38. The fourth-order valence-electron chi connectivity index (χ4n) is 2.63. The van der Waals surface area contributed by atoms with Crippen LogP contribution in [0.5, 0.6) is 0 Å². The Morgan fingerprint density at radius 1 is 1.47 bits per heavy atom. The van der Waals surface area contributed by atoms with Gasteiger partial charge in [0.05, 0.1) is 6.54 Å². The molecular weight excluding hydrogens is 192 g/mol. The molecule has 2 aliphatic rings. The van der Waals surface area contributed by atoms with Crippen LogP contribution >= 0.6 is 0 Å². The lowest BCUT2D eigenvalue weighted by molar-refractivity contribution is -0.156. The highest BCUT2D eigenvalue weighted by Crippen LogP contribution is 2.39. The Kier molecular flexibility index (Phi) is 2.44. The van der Waals surface area contributed by atoms with Crippen molar-refractivity contribution in [3.8, 4) is 0 Å². The Morgan fingerprint density at radius 3 is 2.60 bits per heavy atom. The summed E-state index contributed by atoms with van der Waals surface area (Å²) in [6, 6.07) is -0.253. The molecule has 1 saturated heterocycles. The van der Waals surface area contributed by atoms with Gasteiger partial charge in [-0.1, -0.05) is 6.92 Å². The molecule has 1 N–H and O–H groups in total. The molecule has 1 aliphatic carbocycles. The van der Waals surface area contributed by atoms with Gasteiger partial charge >= 0.3 is 0 Å². The van der Waals surface area contributed by atoms with Crippen LogP contribution in [-0.4, -0.2) is 34.8 Å². The summed E-state index contributed by atoms with van der Waals surface area (Å²) in [5.41, 5.74) is -0.0600. The van der Waals surface area contributed by atoms with Gasteiger partial charge in [0, 0.05) is 5.54 Å². The lowest BCUT2D eigenvalue weighted by Crippen LogP contribution is -2.67. The number of nitrogens with one attached hydrogen (secondary N) is 1. The number of carbonyl (C=O) groups is 2. The van der Waals surface area contributed by atoms with E-state index in [0.717, 1.165) is 12.8 Å². The summed E-state index contributed by atoms with van der Waals surface area (Å²) < 4.78 is 0. The van der Waals surface area contributed by atoms with E-state index in [-0.39, 0.29) is 29.9 Å². The van der Waals surface area contributed by atoms with Gasteiger partial charge < -0.3 is 10.2 Å². The van der Waals surface area contributed by atoms with Crippen molar-refractivity contribution >= 4 is 11.8 Å². The monoisotopic (exact) mass is 210 g/mol. The molecule has 1 heterocycles. The maximum atomic E-state index is 11.9. The highest BCUT2D eigenvalue weighted by atomic mass is 16.2. The lowest BCUT2D eigenvalue weighted by Gasteiger charge is -2.52. The Hall–Kier alpha value is -1.06. The van der Waals surface area contributed by atoms with Gasteiger partial charge in [0.15, 0.2) is 0 Å². The molecule has 1 aliphatic heterocycles. The average molecular weight is 210 g/mol. The standard InChI is InChI=1S/C11H18N2O2/c1-3-8-10(15)12-7-9(14)13(8)11(2)5-4-6-11/h8H,3-7H2,1-2H3,(H,12,15). The fraction of sp³-hybridized carbons (Fsp3) is 0.818. The lowest BCUT2D eigenvalue weighted by atomic mass is 9.75. The van der Waals surface area contributed by atoms with E-state index < -0.39 is 0 Å². The number of hydrogen-bond donors (Lipinski definition) is 1. The van der Waals surface area contributed by atoms with Crippen molar-refractivity contribution in [1.82, 2.24) is 10.2 Å². The first kappa shape index (κ1) is 10.5. The molecule has 0 bridgehead atoms. The maximum Gasteiger partial charge on any atom is 0.243 e. The number of rotatable bonds is 2. The largest absolute Gasteiger partial charge is 0.345 e. The smallest absolute Gasteiger partial charge is 0.243 e. The van der Waals surface area contributed by atoms with Crippen LogP contribution in [-0.2, 0) is 9.59 Å². The van der Waals surface area contributed by atoms with Gasteiger partial charge in [-0.15, -0.1) is 0 Å². The average Bonchev–Trinajstić information content (AvgIpc) is 2.17. The number of hydrogen-bond acceptors (Lipinski definition) is 2. The molecule has 0 aromatic rings. The molecule has 0 aromatic heterocycles. The minimum Gasteiger partial charge on any atom is -0.345 e. The van der Waals surface area contributed by atoms with Crippen LogP contribution in [0, 0.1) is 0 Å². The Labute approximate surface area is 90.0 Å². The van der Waals surface area contributed by atoms with E-state index in [2.05, 4.69) is 12.2 Å². The third-order valence-corrected chi connectivity index (χ3v) is 3.70. The summed E-state index contributed by atoms with van der Waals surface area (Å²) in [4.78, 5) is 25.4. The van der Waals surface area contributed by atoms with Crippen LogP contribution in [0.1, 0.15) is 39.5 Å². The van der Waals surface area contributed by atoms with Crippen molar-refractivity contribution in [3.63, 3.8) is 0 Å². The summed E-state index contributed by atoms with van der Waals surface area (Å²) in [6.07, 6.45) is 3.93. The molecule has 1 unspecified atom stereocenters. The highest BCUT2D eigenvalue weighted by Gasteiger charge is 2.47. The second-order valence-electron chi connectivity index (χ2n) is 4.76. The summed E-state index contributed by atoms with van der Waals surface area (Å²) in [6.45, 7) is 4.22. The second kappa shape index (κ2) is 3.51. The number of carbonyl (C=O) groups excluding carboxylic acids is 2. The fourth-order valence-corrected chi connectivity index (χ4v) is 2.63. The quantitative estimate of drug-likeness (QED) is 0.728. The first-order chi connectivity index (χ1) is 7.08. The zero-order valence-corrected chi connectivity index (χ0v) is 9.38. The highest BCUT2D eigenvalue weighted by molar-refractivity contribution is 5.95. The number of amides is 2. The molecule has 15 heavy (non-hydrogen) atoms. The van der Waals surface area contributed by atoms with Crippen LogP contribution in [0.4, 0.5) is 0 Å². The molecule has 84 valence electrons. The minimum atomic E-state index is -0.253. The van der Waals surface area contributed by atoms with Crippen LogP contribution in [0.2, 0.25) is 0 Å². The van der Waals surface area contributed by atoms with E-state index in [1.165, 1.54) is 6.42 Å². The predicted molar refractivity (Wildman–Crippen MR) is 56.2 cm³/mol. The third kappa shape index (κ3) is 1.52. The van der Waals surface area contributed by atoms with Gasteiger partial charge in [-0.2, -0.15) is 0 Å². The maximum absolute atomic E-state index is 11.9. The topological polar surface area (TPSA) is 49.4 Å². The molecule has 2 rings (SSSR count). The summed E-state index contributed by atoms with van der Waals surface area (Å²) in [5, 5.41) is 2.65. The van der Waals surface area contributed by atoms with Crippen LogP contribution in [0.25, 0.3) is 0 Å². The SMILES string of the molecule is CCC1C(=O)NCC(=O)N1C1(C)CCC1. The Balaban J connectivity index is 2.24. The zero-order chi connectivity index (χ0) is 11.1. The van der Waals surface area contributed by atoms with E-state index in [1.807, 2.05) is 11.8 Å². The minimum absolute atomic E-state index is 0.00484. The number of piperazine rings is 1. The summed E-state index contributed by atoms with van der Waals surface area (Å²) >= 11 is 0. The predicted octanol–water partition coefficient (Wildman–Crippen LogP) is 0.666. The van der Waals surface area contributed by atoms with E-state index in [1.54, 1.807) is 0 Å². The van der Waals surface area contributed by atoms with Gasteiger partial charge in [-0.05, 0) is 32.6 Å². The Morgan fingerprint density at radius 2 is 2.13 bits per heavy atom. The molecule has 2 amide bonds. The Bertz CT molecular complexity index is 297. The molecule has 4 heteroatoms. The van der Waals surface area contributed by atoms with Gasteiger partial charge in [0.25, 0.3) is 0 Å². The van der Waals surface area contributed by atoms with Crippen molar-refractivity contribution in [2.24, 2.45) is 0 Å². The first-order valence-corrected chi connectivity index (χ1v) is 5.68. The molecule has 1 atom stereocenters. The normalized spacial score (nSPS) is 29.7. The summed E-state index contributed by atoms with van der Waals surface area (Å²) in [7, 11) is 0. The molecule has 4 nitrogen and oxygen atoms in total. The van der Waals surface area contributed by atoms with Crippen LogP contribution in [0.15, 0.2) is 0 Å². The van der Waals surface area contributed by atoms with Crippen molar-refractivity contribution in [1.29, 1.82) is 0 Å². The molecule has 0 radical (unpaired) electrons. The molecule has 2 fully saturated rings. The third-order valence-electron chi connectivity index (χ3n) is 3.70.